The molecule has 2 aromatic carbocycles. The fraction of sp³-hybridized carbons (Fsp3) is 0.0769. The monoisotopic (exact) mass is 251 g/mol. The van der Waals surface area contributed by atoms with Crippen LogP contribution in [0.3, 0.4) is 0 Å². The van der Waals surface area contributed by atoms with Crippen LogP contribution in [0.5, 0.6) is 0 Å². The van der Waals surface area contributed by atoms with E-state index in [1.165, 1.54) is 6.07 Å². The van der Waals surface area contributed by atoms with Gasteiger partial charge in [-0.3, -0.25) is 0 Å². The van der Waals surface area contributed by atoms with Gasteiger partial charge in [-0.05, 0) is 31.2 Å². The SMILES string of the molecule is Cc1cccc(Sc2c(N)ccc(F)c2F)c1. The van der Waals surface area contributed by atoms with E-state index in [0.29, 0.717) is 0 Å². The van der Waals surface area contributed by atoms with Gasteiger partial charge in [-0.25, -0.2) is 8.78 Å². The highest BCUT2D eigenvalue weighted by molar-refractivity contribution is 7.99. The Bertz CT molecular complexity index is 555. The predicted octanol–water partition coefficient (Wildman–Crippen LogP) is 4.01. The van der Waals surface area contributed by atoms with Gasteiger partial charge in [0.15, 0.2) is 11.6 Å². The van der Waals surface area contributed by atoms with Gasteiger partial charge in [-0.1, -0.05) is 29.5 Å². The van der Waals surface area contributed by atoms with E-state index in [-0.39, 0.29) is 10.6 Å². The summed E-state index contributed by atoms with van der Waals surface area (Å²) in [5.74, 6) is -1.77. The molecule has 0 spiro atoms. The molecule has 0 saturated carbocycles. The van der Waals surface area contributed by atoms with Gasteiger partial charge in [0.25, 0.3) is 0 Å². The molecule has 0 fully saturated rings. The third-order valence-corrected chi connectivity index (χ3v) is 3.40. The summed E-state index contributed by atoms with van der Waals surface area (Å²) in [6.45, 7) is 1.94. The Morgan fingerprint density at radius 2 is 1.88 bits per heavy atom. The number of anilines is 1. The molecule has 0 aromatic heterocycles. The van der Waals surface area contributed by atoms with Crippen molar-refractivity contribution in [1.82, 2.24) is 0 Å². The molecular formula is C13H11F2NS. The van der Waals surface area contributed by atoms with Gasteiger partial charge >= 0.3 is 0 Å². The molecule has 0 bridgehead atoms. The molecule has 0 aliphatic heterocycles. The summed E-state index contributed by atoms with van der Waals surface area (Å²) in [7, 11) is 0. The Morgan fingerprint density at radius 3 is 2.59 bits per heavy atom. The fourth-order valence-corrected chi connectivity index (χ4v) is 2.45. The van der Waals surface area contributed by atoms with E-state index in [2.05, 4.69) is 0 Å². The maximum absolute atomic E-state index is 13.6. The van der Waals surface area contributed by atoms with Crippen LogP contribution in [0.2, 0.25) is 0 Å². The quantitative estimate of drug-likeness (QED) is 0.816. The normalized spacial score (nSPS) is 10.5. The molecule has 0 heterocycles. The Hall–Kier alpha value is -1.55. The standard InChI is InChI=1S/C13H11F2NS/c1-8-3-2-4-9(7-8)17-13-11(16)6-5-10(14)12(13)15/h2-7H,16H2,1H3. The molecule has 0 amide bonds. The lowest BCUT2D eigenvalue weighted by Gasteiger charge is -2.07. The molecule has 0 saturated heterocycles. The largest absolute Gasteiger partial charge is 0.398 e. The summed E-state index contributed by atoms with van der Waals surface area (Å²) in [4.78, 5) is 0.969. The zero-order valence-electron chi connectivity index (χ0n) is 9.21. The highest BCUT2D eigenvalue weighted by atomic mass is 32.2. The van der Waals surface area contributed by atoms with Crippen molar-refractivity contribution >= 4 is 17.4 Å². The molecule has 2 rings (SSSR count). The summed E-state index contributed by atoms with van der Waals surface area (Å²) < 4.78 is 26.7. The van der Waals surface area contributed by atoms with Crippen LogP contribution in [0, 0.1) is 18.6 Å². The second-order valence-electron chi connectivity index (χ2n) is 3.70. The van der Waals surface area contributed by atoms with Crippen LogP contribution < -0.4 is 5.73 Å². The minimum Gasteiger partial charge on any atom is -0.398 e. The van der Waals surface area contributed by atoms with E-state index in [4.69, 9.17) is 5.73 Å². The van der Waals surface area contributed by atoms with Crippen LogP contribution in [-0.2, 0) is 0 Å². The lowest BCUT2D eigenvalue weighted by molar-refractivity contribution is 0.492. The van der Waals surface area contributed by atoms with Crippen molar-refractivity contribution in [3.8, 4) is 0 Å². The highest BCUT2D eigenvalue weighted by Crippen LogP contribution is 2.35. The molecule has 2 N–H and O–H groups in total. The molecule has 0 atom stereocenters. The van der Waals surface area contributed by atoms with Crippen LogP contribution in [0.1, 0.15) is 5.56 Å². The number of halogens is 2. The van der Waals surface area contributed by atoms with Crippen LogP contribution in [0.15, 0.2) is 46.2 Å². The maximum atomic E-state index is 13.6. The van der Waals surface area contributed by atoms with Crippen molar-refractivity contribution in [3.05, 3.63) is 53.6 Å². The second kappa shape index (κ2) is 4.75. The molecule has 0 aliphatic carbocycles. The number of aryl methyl sites for hydroxylation is 1. The second-order valence-corrected chi connectivity index (χ2v) is 4.78. The first-order chi connectivity index (χ1) is 8.08. The Balaban J connectivity index is 2.39. The van der Waals surface area contributed by atoms with Gasteiger partial charge < -0.3 is 5.73 Å². The number of rotatable bonds is 2. The molecule has 1 nitrogen and oxygen atoms in total. The molecule has 4 heteroatoms. The minimum absolute atomic E-state index is 0.135. The summed E-state index contributed by atoms with van der Waals surface area (Å²) in [5, 5.41) is 0. The molecule has 17 heavy (non-hydrogen) atoms. The first kappa shape index (κ1) is 11.9. The Kier molecular flexibility index (Phi) is 3.33. The van der Waals surface area contributed by atoms with Gasteiger partial charge in [-0.2, -0.15) is 0 Å². The summed E-state index contributed by atoms with van der Waals surface area (Å²) in [6.07, 6.45) is 0. The van der Waals surface area contributed by atoms with Gasteiger partial charge in [0.1, 0.15) is 0 Å². The van der Waals surface area contributed by atoms with Crippen molar-refractivity contribution in [3.63, 3.8) is 0 Å². The summed E-state index contributed by atoms with van der Waals surface area (Å²) in [6, 6.07) is 9.94. The summed E-state index contributed by atoms with van der Waals surface area (Å²) >= 11 is 1.13. The topological polar surface area (TPSA) is 26.0 Å². The zero-order valence-corrected chi connectivity index (χ0v) is 10.0. The van der Waals surface area contributed by atoms with E-state index in [1.54, 1.807) is 0 Å². The third-order valence-electron chi connectivity index (χ3n) is 2.29. The van der Waals surface area contributed by atoms with Crippen LogP contribution >= 0.6 is 11.8 Å². The van der Waals surface area contributed by atoms with Crippen molar-refractivity contribution < 1.29 is 8.78 Å². The molecule has 0 aliphatic rings. The first-order valence-corrected chi connectivity index (χ1v) is 5.87. The lowest BCUT2D eigenvalue weighted by Crippen LogP contribution is -1.95. The predicted molar refractivity (Wildman–Crippen MR) is 66.1 cm³/mol. The van der Waals surface area contributed by atoms with Gasteiger partial charge in [0.2, 0.25) is 0 Å². The fourth-order valence-electron chi connectivity index (χ4n) is 1.45. The number of nitrogen functional groups attached to an aromatic ring is 1. The van der Waals surface area contributed by atoms with E-state index in [1.807, 2.05) is 31.2 Å². The molecular weight excluding hydrogens is 240 g/mol. The van der Waals surface area contributed by atoms with Gasteiger partial charge in [0, 0.05) is 10.6 Å². The smallest absolute Gasteiger partial charge is 0.174 e. The van der Waals surface area contributed by atoms with Crippen molar-refractivity contribution in [2.24, 2.45) is 0 Å². The molecule has 0 unspecified atom stereocenters. The first-order valence-electron chi connectivity index (χ1n) is 5.06. The molecule has 0 radical (unpaired) electrons. The van der Waals surface area contributed by atoms with Crippen LogP contribution in [0.25, 0.3) is 0 Å². The average molecular weight is 251 g/mol. The lowest BCUT2D eigenvalue weighted by atomic mass is 10.2. The Labute approximate surface area is 103 Å². The van der Waals surface area contributed by atoms with E-state index >= 15 is 0 Å². The number of hydrogen-bond acceptors (Lipinski definition) is 2. The number of hydrogen-bond donors (Lipinski definition) is 1. The van der Waals surface area contributed by atoms with Crippen molar-refractivity contribution in [2.75, 3.05) is 5.73 Å². The van der Waals surface area contributed by atoms with E-state index in [9.17, 15) is 8.78 Å². The summed E-state index contributed by atoms with van der Waals surface area (Å²) in [5.41, 5.74) is 6.95. The van der Waals surface area contributed by atoms with Crippen LogP contribution in [0.4, 0.5) is 14.5 Å². The average Bonchev–Trinajstić information content (AvgIpc) is 2.30. The van der Waals surface area contributed by atoms with E-state index < -0.39 is 11.6 Å². The van der Waals surface area contributed by atoms with Gasteiger partial charge in [0.05, 0.1) is 4.90 Å². The molecule has 88 valence electrons. The van der Waals surface area contributed by atoms with Crippen molar-refractivity contribution in [2.45, 2.75) is 16.7 Å². The number of benzene rings is 2. The molecule has 2 aromatic rings. The zero-order chi connectivity index (χ0) is 12.4. The van der Waals surface area contributed by atoms with Gasteiger partial charge in [-0.15, -0.1) is 0 Å². The van der Waals surface area contributed by atoms with Crippen molar-refractivity contribution in [1.29, 1.82) is 0 Å². The third kappa shape index (κ3) is 2.58. The Morgan fingerprint density at radius 1 is 1.12 bits per heavy atom. The highest BCUT2D eigenvalue weighted by Gasteiger charge is 2.13. The minimum atomic E-state index is -0.892. The van der Waals surface area contributed by atoms with E-state index in [0.717, 1.165) is 28.3 Å². The number of nitrogens with two attached hydrogens (primary N) is 1. The maximum Gasteiger partial charge on any atom is 0.174 e. The van der Waals surface area contributed by atoms with Crippen LogP contribution in [-0.4, -0.2) is 0 Å².